The minimum atomic E-state index is -1.31. The summed E-state index contributed by atoms with van der Waals surface area (Å²) in [5.41, 5.74) is 1.12. The normalized spacial score (nSPS) is 10.9. The van der Waals surface area contributed by atoms with Crippen LogP contribution in [0.2, 0.25) is 0 Å². The summed E-state index contributed by atoms with van der Waals surface area (Å²) in [5.74, 6) is -2.20. The summed E-state index contributed by atoms with van der Waals surface area (Å²) in [6.07, 6.45) is 1.47. The van der Waals surface area contributed by atoms with Crippen LogP contribution >= 0.6 is 11.3 Å². The zero-order valence-electron chi connectivity index (χ0n) is 16.3. The van der Waals surface area contributed by atoms with Crippen LogP contribution in [0.5, 0.6) is 5.75 Å². The van der Waals surface area contributed by atoms with Gasteiger partial charge in [-0.15, -0.1) is 11.3 Å². The van der Waals surface area contributed by atoms with Crippen LogP contribution in [0.25, 0.3) is 10.2 Å². The number of aryl methyl sites for hydroxylation is 1. The molecular formula is C22H17N3O5S. The standard InChI is InChI=1S/C22H17N3O5S/c1-12-17-20(23-11-25(21(17)28)10-13-5-3-2-4-6-13)31-18(12)19(27)24-14-7-8-16(26)15(9-14)22(29)30/h2-9,11,26H,10H2,1H3,(H,24,27)(H,29,30). The quantitative estimate of drug-likeness (QED) is 0.413. The number of benzene rings is 2. The van der Waals surface area contributed by atoms with Crippen LogP contribution in [0.1, 0.15) is 31.2 Å². The van der Waals surface area contributed by atoms with Crippen molar-refractivity contribution in [3.05, 3.63) is 86.8 Å². The van der Waals surface area contributed by atoms with Gasteiger partial charge < -0.3 is 15.5 Å². The monoisotopic (exact) mass is 435 g/mol. The number of amides is 1. The van der Waals surface area contributed by atoms with Gasteiger partial charge in [-0.1, -0.05) is 30.3 Å². The van der Waals surface area contributed by atoms with Crippen LogP contribution in [0.15, 0.2) is 59.7 Å². The maximum atomic E-state index is 13.0. The number of anilines is 1. The van der Waals surface area contributed by atoms with Gasteiger partial charge in [-0.05, 0) is 36.2 Å². The maximum absolute atomic E-state index is 13.0. The summed E-state index contributed by atoms with van der Waals surface area (Å²) in [6.45, 7) is 2.05. The Morgan fingerprint density at radius 1 is 1.16 bits per heavy atom. The van der Waals surface area contributed by atoms with Crippen molar-refractivity contribution in [3.8, 4) is 5.75 Å². The molecule has 0 bridgehead atoms. The Kier molecular flexibility index (Phi) is 5.26. The summed E-state index contributed by atoms with van der Waals surface area (Å²) >= 11 is 1.09. The molecule has 3 N–H and O–H groups in total. The van der Waals surface area contributed by atoms with Crippen molar-refractivity contribution in [1.29, 1.82) is 0 Å². The Morgan fingerprint density at radius 3 is 2.61 bits per heavy atom. The van der Waals surface area contributed by atoms with Gasteiger partial charge in [-0.2, -0.15) is 0 Å². The van der Waals surface area contributed by atoms with Gasteiger partial charge in [0.1, 0.15) is 16.1 Å². The van der Waals surface area contributed by atoms with Gasteiger partial charge in [0.05, 0.1) is 23.1 Å². The lowest BCUT2D eigenvalue weighted by atomic mass is 10.1. The molecule has 9 heteroatoms. The van der Waals surface area contributed by atoms with E-state index in [0.29, 0.717) is 27.2 Å². The first-order valence-electron chi connectivity index (χ1n) is 9.25. The summed E-state index contributed by atoms with van der Waals surface area (Å²) in [5, 5.41) is 21.7. The number of thiophene rings is 1. The fraction of sp³-hybridized carbons (Fsp3) is 0.0909. The molecule has 0 saturated heterocycles. The first-order valence-corrected chi connectivity index (χ1v) is 10.1. The average Bonchev–Trinajstić information content (AvgIpc) is 3.09. The Bertz CT molecular complexity index is 1380. The topological polar surface area (TPSA) is 122 Å². The molecule has 4 aromatic rings. The second-order valence-corrected chi connectivity index (χ2v) is 7.89. The number of aromatic nitrogens is 2. The average molecular weight is 435 g/mol. The van der Waals surface area contributed by atoms with Crippen LogP contribution in [0, 0.1) is 6.92 Å². The van der Waals surface area contributed by atoms with Gasteiger partial charge in [-0.3, -0.25) is 14.2 Å². The number of nitrogens with one attached hydrogen (secondary N) is 1. The van der Waals surface area contributed by atoms with Gasteiger partial charge in [0.2, 0.25) is 0 Å². The van der Waals surface area contributed by atoms with Crippen LogP contribution in [-0.2, 0) is 6.54 Å². The molecule has 31 heavy (non-hydrogen) atoms. The van der Waals surface area contributed by atoms with E-state index in [1.807, 2.05) is 30.3 Å². The van der Waals surface area contributed by atoms with Gasteiger partial charge >= 0.3 is 5.97 Å². The molecular weight excluding hydrogens is 418 g/mol. The number of carboxylic acid groups (broad SMARTS) is 1. The predicted molar refractivity (Wildman–Crippen MR) is 117 cm³/mol. The van der Waals surface area contributed by atoms with Crippen LogP contribution in [-0.4, -0.2) is 31.6 Å². The molecule has 0 fully saturated rings. The molecule has 2 aromatic carbocycles. The number of rotatable bonds is 5. The molecule has 8 nitrogen and oxygen atoms in total. The Labute approximate surface area is 180 Å². The fourth-order valence-corrected chi connectivity index (χ4v) is 4.28. The summed E-state index contributed by atoms with van der Waals surface area (Å²) in [4.78, 5) is 42.1. The highest BCUT2D eigenvalue weighted by Crippen LogP contribution is 2.28. The zero-order valence-corrected chi connectivity index (χ0v) is 17.1. The third kappa shape index (κ3) is 3.90. The highest BCUT2D eigenvalue weighted by Gasteiger charge is 2.20. The predicted octanol–water partition coefficient (Wildman–Crippen LogP) is 3.47. The number of hydrogen-bond acceptors (Lipinski definition) is 6. The molecule has 1 amide bonds. The molecule has 0 saturated carbocycles. The van der Waals surface area contributed by atoms with Gasteiger partial charge in [0.15, 0.2) is 0 Å². The number of carbonyl (C=O) groups excluding carboxylic acids is 1. The smallest absolute Gasteiger partial charge is 0.339 e. The number of aromatic carboxylic acids is 1. The van der Waals surface area contributed by atoms with E-state index < -0.39 is 17.6 Å². The van der Waals surface area contributed by atoms with Crippen LogP contribution < -0.4 is 10.9 Å². The van der Waals surface area contributed by atoms with Crippen LogP contribution in [0.3, 0.4) is 0 Å². The first kappa shape index (κ1) is 20.3. The van der Waals surface area contributed by atoms with Crippen molar-refractivity contribution < 1.29 is 19.8 Å². The Hall–Kier alpha value is -3.98. The lowest BCUT2D eigenvalue weighted by molar-refractivity contribution is 0.0693. The van der Waals surface area contributed by atoms with Crippen molar-refractivity contribution in [1.82, 2.24) is 9.55 Å². The molecule has 0 radical (unpaired) electrons. The number of fused-ring (bicyclic) bond motifs is 1. The minimum absolute atomic E-state index is 0.214. The van der Waals surface area contributed by atoms with E-state index >= 15 is 0 Å². The van der Waals surface area contributed by atoms with Crippen LogP contribution in [0.4, 0.5) is 5.69 Å². The number of nitrogens with zero attached hydrogens (tertiary/aromatic N) is 2. The number of carbonyl (C=O) groups is 2. The number of phenols is 1. The molecule has 0 atom stereocenters. The lowest BCUT2D eigenvalue weighted by Crippen LogP contribution is -2.21. The first-order chi connectivity index (χ1) is 14.8. The second kappa shape index (κ2) is 8.04. The molecule has 0 aliphatic heterocycles. The largest absolute Gasteiger partial charge is 0.507 e. The summed E-state index contributed by atoms with van der Waals surface area (Å²) < 4.78 is 1.50. The number of aromatic hydroxyl groups is 1. The van der Waals surface area contributed by atoms with Crippen molar-refractivity contribution in [3.63, 3.8) is 0 Å². The third-order valence-electron chi connectivity index (χ3n) is 4.80. The number of carboxylic acids is 1. The van der Waals surface area contributed by atoms with Gasteiger partial charge in [0, 0.05) is 5.69 Å². The zero-order chi connectivity index (χ0) is 22.1. The molecule has 2 aromatic heterocycles. The minimum Gasteiger partial charge on any atom is -0.507 e. The van der Waals surface area contributed by atoms with E-state index in [1.54, 1.807) is 6.92 Å². The molecule has 0 aliphatic rings. The number of hydrogen-bond donors (Lipinski definition) is 3. The molecule has 0 spiro atoms. The van der Waals surface area contributed by atoms with Crippen molar-refractivity contribution >= 4 is 39.1 Å². The van der Waals surface area contributed by atoms with E-state index in [4.69, 9.17) is 5.11 Å². The highest BCUT2D eigenvalue weighted by atomic mass is 32.1. The van der Waals surface area contributed by atoms with Crippen molar-refractivity contribution in [2.24, 2.45) is 0 Å². The van der Waals surface area contributed by atoms with E-state index in [0.717, 1.165) is 16.9 Å². The Morgan fingerprint density at radius 2 is 1.90 bits per heavy atom. The maximum Gasteiger partial charge on any atom is 0.339 e. The SMILES string of the molecule is Cc1c(C(=O)Nc2ccc(O)c(C(=O)O)c2)sc2ncn(Cc3ccccc3)c(=O)c12. The van der Waals surface area contributed by atoms with E-state index in [1.165, 1.54) is 29.1 Å². The molecule has 0 aliphatic carbocycles. The third-order valence-corrected chi connectivity index (χ3v) is 6.00. The summed E-state index contributed by atoms with van der Waals surface area (Å²) in [7, 11) is 0. The molecule has 156 valence electrons. The van der Waals surface area contributed by atoms with Gasteiger partial charge in [0.25, 0.3) is 11.5 Å². The molecule has 4 rings (SSSR count). The fourth-order valence-electron chi connectivity index (χ4n) is 3.24. The molecule has 2 heterocycles. The molecule has 0 unspecified atom stereocenters. The van der Waals surface area contributed by atoms with E-state index in [9.17, 15) is 19.5 Å². The van der Waals surface area contributed by atoms with Crippen molar-refractivity contribution in [2.45, 2.75) is 13.5 Å². The van der Waals surface area contributed by atoms with Crippen molar-refractivity contribution in [2.75, 3.05) is 5.32 Å². The summed E-state index contributed by atoms with van der Waals surface area (Å²) in [6, 6.07) is 13.3. The lowest BCUT2D eigenvalue weighted by Gasteiger charge is -2.07. The van der Waals surface area contributed by atoms with E-state index in [-0.39, 0.29) is 16.8 Å². The Balaban J connectivity index is 1.67. The van der Waals surface area contributed by atoms with E-state index in [2.05, 4.69) is 10.3 Å². The highest BCUT2D eigenvalue weighted by molar-refractivity contribution is 7.20. The van der Waals surface area contributed by atoms with Gasteiger partial charge in [-0.25, -0.2) is 9.78 Å². The second-order valence-electron chi connectivity index (χ2n) is 6.89.